The van der Waals surface area contributed by atoms with Gasteiger partial charge in [-0.25, -0.2) is 8.78 Å². The smallest absolute Gasteiger partial charge is 0.234 e. The number of methoxy groups -OCH3 is 1. The summed E-state index contributed by atoms with van der Waals surface area (Å²) in [5, 5.41) is 0. The molecule has 2 atom stereocenters. The second-order valence-electron chi connectivity index (χ2n) is 7.02. The van der Waals surface area contributed by atoms with E-state index in [2.05, 4.69) is 19.1 Å². The molecule has 212 valence electrons. The summed E-state index contributed by atoms with van der Waals surface area (Å²) in [6.07, 6.45) is 2.35. The first kappa shape index (κ1) is 38.9. The van der Waals surface area contributed by atoms with Gasteiger partial charge in [-0.15, -0.1) is 0 Å². The Morgan fingerprint density at radius 1 is 1.00 bits per heavy atom. The lowest BCUT2D eigenvalue weighted by atomic mass is 10.0. The first-order valence-corrected chi connectivity index (χ1v) is 13.2. The number of carbonyl (C=O) groups excluding carboxylic acids is 2. The van der Waals surface area contributed by atoms with Crippen molar-refractivity contribution in [2.75, 3.05) is 26.9 Å². The third-order valence-corrected chi connectivity index (χ3v) is 4.56. The van der Waals surface area contributed by atoms with Crippen molar-refractivity contribution in [3.8, 4) is 0 Å². The van der Waals surface area contributed by atoms with Crippen LogP contribution in [0.3, 0.4) is 0 Å². The van der Waals surface area contributed by atoms with E-state index < -0.39 is 11.6 Å². The SMILES string of the molecule is CC.CC.CC.CCC1CC(C(=O)N(C=O)CCOC)CO1.Cc1ccccc1.Fc1cccc(F)c1. The molecule has 5 nitrogen and oxygen atoms in total. The van der Waals surface area contributed by atoms with Crippen LogP contribution in [0.15, 0.2) is 54.6 Å². The summed E-state index contributed by atoms with van der Waals surface area (Å²) in [4.78, 5) is 23.8. The average Bonchev–Trinajstić information content (AvgIpc) is 3.43. The number of imide groups is 1. The van der Waals surface area contributed by atoms with E-state index in [0.29, 0.717) is 32.6 Å². The number of aryl methyl sites for hydroxylation is 1. The molecule has 2 amide bonds. The zero-order valence-corrected chi connectivity index (χ0v) is 24.3. The summed E-state index contributed by atoms with van der Waals surface area (Å²) in [6.45, 7) is 17.2. The van der Waals surface area contributed by atoms with E-state index in [1.807, 2.05) is 66.7 Å². The first-order valence-electron chi connectivity index (χ1n) is 13.2. The van der Waals surface area contributed by atoms with Crippen LogP contribution < -0.4 is 0 Å². The summed E-state index contributed by atoms with van der Waals surface area (Å²) in [5.41, 5.74) is 1.32. The Morgan fingerprint density at radius 3 is 1.86 bits per heavy atom. The number of carbonyl (C=O) groups is 2. The minimum absolute atomic E-state index is 0.150. The largest absolute Gasteiger partial charge is 0.383 e. The number of hydrogen-bond donors (Lipinski definition) is 0. The highest BCUT2D eigenvalue weighted by atomic mass is 19.1. The summed E-state index contributed by atoms with van der Waals surface area (Å²) in [7, 11) is 1.54. The van der Waals surface area contributed by atoms with Crippen molar-refractivity contribution >= 4 is 12.3 Å². The van der Waals surface area contributed by atoms with Crippen molar-refractivity contribution < 1.29 is 27.8 Å². The number of halogens is 2. The Labute approximate surface area is 224 Å². The topological polar surface area (TPSA) is 55.8 Å². The highest BCUT2D eigenvalue weighted by molar-refractivity contribution is 5.88. The Kier molecular flexibility index (Phi) is 29.4. The molecule has 2 aromatic carbocycles. The Morgan fingerprint density at radius 2 is 1.54 bits per heavy atom. The van der Waals surface area contributed by atoms with Gasteiger partial charge >= 0.3 is 0 Å². The van der Waals surface area contributed by atoms with Gasteiger partial charge < -0.3 is 9.47 Å². The molecule has 2 unspecified atom stereocenters. The molecule has 0 radical (unpaired) electrons. The van der Waals surface area contributed by atoms with Crippen molar-refractivity contribution in [3.05, 3.63) is 71.8 Å². The van der Waals surface area contributed by atoms with Crippen LogP contribution in [0.5, 0.6) is 0 Å². The molecule has 0 bridgehead atoms. The lowest BCUT2D eigenvalue weighted by molar-refractivity contribution is -0.142. The van der Waals surface area contributed by atoms with Gasteiger partial charge in [-0.2, -0.15) is 0 Å². The molecule has 0 saturated carbocycles. The molecule has 1 aliphatic heterocycles. The van der Waals surface area contributed by atoms with Crippen LogP contribution in [0.2, 0.25) is 0 Å². The molecule has 3 rings (SSSR count). The van der Waals surface area contributed by atoms with Crippen LogP contribution in [-0.4, -0.2) is 50.2 Å². The van der Waals surface area contributed by atoms with Crippen molar-refractivity contribution in [2.24, 2.45) is 5.92 Å². The highest BCUT2D eigenvalue weighted by Gasteiger charge is 2.32. The zero-order valence-electron chi connectivity index (χ0n) is 24.3. The third kappa shape index (κ3) is 20.1. The van der Waals surface area contributed by atoms with Gasteiger partial charge in [0.25, 0.3) is 0 Å². The molecule has 1 aliphatic rings. The number of rotatable bonds is 6. The molecule has 0 aromatic heterocycles. The Balaban J connectivity index is -0.000000461. The minimum atomic E-state index is -0.537. The van der Waals surface area contributed by atoms with E-state index in [9.17, 15) is 18.4 Å². The zero-order chi connectivity index (χ0) is 29.1. The third-order valence-electron chi connectivity index (χ3n) is 4.56. The van der Waals surface area contributed by atoms with Crippen LogP contribution in [-0.2, 0) is 19.1 Å². The molecule has 1 fully saturated rings. The van der Waals surface area contributed by atoms with Gasteiger partial charge in [-0.05, 0) is 31.9 Å². The van der Waals surface area contributed by atoms with Crippen molar-refractivity contribution in [1.29, 1.82) is 0 Å². The molecule has 7 heteroatoms. The lowest BCUT2D eigenvalue weighted by Crippen LogP contribution is -2.37. The molecule has 1 heterocycles. The van der Waals surface area contributed by atoms with Gasteiger partial charge in [0.05, 0.1) is 31.8 Å². The van der Waals surface area contributed by atoms with Crippen LogP contribution in [0, 0.1) is 24.5 Å². The second-order valence-corrected chi connectivity index (χ2v) is 7.02. The average molecular weight is 526 g/mol. The molecule has 1 saturated heterocycles. The van der Waals surface area contributed by atoms with Crippen LogP contribution in [0.1, 0.15) is 66.9 Å². The van der Waals surface area contributed by atoms with Crippen LogP contribution in [0.25, 0.3) is 0 Å². The van der Waals surface area contributed by atoms with E-state index >= 15 is 0 Å². The van der Waals surface area contributed by atoms with Crippen molar-refractivity contribution in [2.45, 2.75) is 74.3 Å². The fraction of sp³-hybridized carbons (Fsp3) is 0.533. The molecular formula is C30H49F2NO4. The summed E-state index contributed by atoms with van der Waals surface area (Å²) in [5.74, 6) is -1.40. The van der Waals surface area contributed by atoms with Crippen molar-refractivity contribution in [3.63, 3.8) is 0 Å². The van der Waals surface area contributed by atoms with E-state index in [1.54, 1.807) is 7.11 Å². The molecular weight excluding hydrogens is 476 g/mol. The second kappa shape index (κ2) is 27.9. The molecule has 0 aliphatic carbocycles. The fourth-order valence-electron chi connectivity index (χ4n) is 2.80. The van der Waals surface area contributed by atoms with E-state index in [1.165, 1.54) is 28.7 Å². The van der Waals surface area contributed by atoms with Gasteiger partial charge in [0.2, 0.25) is 12.3 Å². The van der Waals surface area contributed by atoms with Gasteiger partial charge in [-0.3, -0.25) is 14.5 Å². The first-order chi connectivity index (χ1) is 17.9. The molecule has 0 N–H and O–H groups in total. The monoisotopic (exact) mass is 525 g/mol. The highest BCUT2D eigenvalue weighted by Crippen LogP contribution is 2.23. The van der Waals surface area contributed by atoms with Crippen LogP contribution in [0.4, 0.5) is 8.78 Å². The molecule has 0 spiro atoms. The van der Waals surface area contributed by atoms with E-state index in [0.717, 1.165) is 12.5 Å². The van der Waals surface area contributed by atoms with Crippen LogP contribution >= 0.6 is 0 Å². The minimum Gasteiger partial charge on any atom is -0.383 e. The fourth-order valence-corrected chi connectivity index (χ4v) is 2.80. The maximum atomic E-state index is 11.9. The van der Waals surface area contributed by atoms with Gasteiger partial charge in [0.15, 0.2) is 0 Å². The predicted molar refractivity (Wildman–Crippen MR) is 149 cm³/mol. The van der Waals surface area contributed by atoms with Gasteiger partial charge in [-0.1, -0.05) is 90.4 Å². The number of benzene rings is 2. The maximum absolute atomic E-state index is 11.9. The van der Waals surface area contributed by atoms with Gasteiger partial charge in [0, 0.05) is 13.2 Å². The number of hydrogen-bond acceptors (Lipinski definition) is 4. The Bertz CT molecular complexity index is 758. The number of ether oxygens (including phenoxy) is 2. The molecule has 2 aromatic rings. The van der Waals surface area contributed by atoms with E-state index in [-0.39, 0.29) is 17.9 Å². The molecule has 37 heavy (non-hydrogen) atoms. The quantitative estimate of drug-likeness (QED) is 0.367. The lowest BCUT2D eigenvalue weighted by Gasteiger charge is -2.18. The maximum Gasteiger partial charge on any atom is 0.234 e. The number of nitrogens with zero attached hydrogens (tertiary/aromatic N) is 1. The number of amides is 2. The Hall–Kier alpha value is -2.64. The standard InChI is InChI=1S/C11H19NO4.C7H8.C6H4F2.3C2H6/c1-3-10-6-9(7-16-10)11(14)12(8-13)4-5-15-2;1-7-5-3-2-4-6-7;7-5-2-1-3-6(8)4-5;3*1-2/h8-10H,3-7H2,1-2H3;2-6H,1H3;1-4H;3*1-2H3. The van der Waals surface area contributed by atoms with Crippen molar-refractivity contribution in [1.82, 2.24) is 4.90 Å². The predicted octanol–water partition coefficient (Wildman–Crippen LogP) is 7.47. The summed E-state index contributed by atoms with van der Waals surface area (Å²) < 4.78 is 34.1. The summed E-state index contributed by atoms with van der Waals surface area (Å²) >= 11 is 0. The summed E-state index contributed by atoms with van der Waals surface area (Å²) in [6, 6.07) is 14.8. The van der Waals surface area contributed by atoms with E-state index in [4.69, 9.17) is 9.47 Å². The normalized spacial score (nSPS) is 14.7. The van der Waals surface area contributed by atoms with Gasteiger partial charge in [0.1, 0.15) is 11.6 Å².